The van der Waals surface area contributed by atoms with Crippen LogP contribution in [0.2, 0.25) is 0 Å². The molecule has 2 atom stereocenters. The predicted molar refractivity (Wildman–Crippen MR) is 88.7 cm³/mol. The zero-order valence-corrected chi connectivity index (χ0v) is 13.8. The fraction of sp³-hybridized carbons (Fsp3) is 0.421. The second kappa shape index (κ2) is 6.42. The van der Waals surface area contributed by atoms with E-state index in [0.29, 0.717) is 12.1 Å². The number of hydrogen-bond acceptors (Lipinski definition) is 3. The van der Waals surface area contributed by atoms with Gasteiger partial charge in [-0.1, -0.05) is 18.2 Å². The van der Waals surface area contributed by atoms with E-state index in [4.69, 9.17) is 0 Å². The van der Waals surface area contributed by atoms with E-state index in [1.54, 1.807) is 12.1 Å². The van der Waals surface area contributed by atoms with Crippen molar-refractivity contribution in [3.8, 4) is 0 Å². The molecule has 6 heteroatoms. The van der Waals surface area contributed by atoms with E-state index in [2.05, 4.69) is 14.8 Å². The maximum atomic E-state index is 12.6. The Balaban J connectivity index is 1.35. The summed E-state index contributed by atoms with van der Waals surface area (Å²) in [6.07, 6.45) is -1.31. The smallest absolute Gasteiger partial charge is 0.293 e. The number of halogens is 3. The summed E-state index contributed by atoms with van der Waals surface area (Å²) in [4.78, 5) is 9.25. The average Bonchev–Trinajstić information content (AvgIpc) is 3.15. The zero-order valence-electron chi connectivity index (χ0n) is 13.8. The van der Waals surface area contributed by atoms with Gasteiger partial charge in [0, 0.05) is 44.5 Å². The number of fused-ring (bicyclic) bond motifs is 2. The molecule has 0 saturated carbocycles. The normalized spacial score (nSPS) is 24.1. The second-order valence-electron chi connectivity index (χ2n) is 6.92. The summed E-state index contributed by atoms with van der Waals surface area (Å²) in [6, 6.07) is 12.5. The van der Waals surface area contributed by atoms with E-state index >= 15 is 0 Å². The van der Waals surface area contributed by atoms with Crippen LogP contribution in [0.25, 0.3) is 0 Å². The minimum absolute atomic E-state index is 0.482. The zero-order chi connectivity index (χ0) is 17.4. The van der Waals surface area contributed by atoms with Crippen LogP contribution in [0.3, 0.4) is 0 Å². The Morgan fingerprint density at radius 2 is 1.60 bits per heavy atom. The van der Waals surface area contributed by atoms with Gasteiger partial charge < -0.3 is 0 Å². The monoisotopic (exact) mass is 347 g/mol. The highest BCUT2D eigenvalue weighted by Crippen LogP contribution is 2.33. The highest BCUT2D eigenvalue weighted by molar-refractivity contribution is 5.25. The first-order valence-electron chi connectivity index (χ1n) is 8.53. The molecule has 0 radical (unpaired) electrons. The molecule has 3 heterocycles. The summed E-state index contributed by atoms with van der Waals surface area (Å²) >= 11 is 0. The van der Waals surface area contributed by atoms with Crippen molar-refractivity contribution in [3.63, 3.8) is 0 Å². The largest absolute Gasteiger partial charge is 0.416 e. The number of benzene rings is 1. The van der Waals surface area contributed by atoms with Crippen molar-refractivity contribution < 1.29 is 13.2 Å². The van der Waals surface area contributed by atoms with Gasteiger partial charge in [-0.3, -0.25) is 14.8 Å². The first-order chi connectivity index (χ1) is 12.0. The quantitative estimate of drug-likeness (QED) is 0.843. The van der Waals surface area contributed by atoms with Crippen molar-refractivity contribution in [1.29, 1.82) is 0 Å². The van der Waals surface area contributed by atoms with Gasteiger partial charge in [0.2, 0.25) is 0 Å². The number of piperazine rings is 1. The van der Waals surface area contributed by atoms with Crippen molar-refractivity contribution in [3.05, 3.63) is 65.5 Å². The summed E-state index contributed by atoms with van der Waals surface area (Å²) in [7, 11) is 0. The van der Waals surface area contributed by atoms with Crippen LogP contribution in [0.5, 0.6) is 0 Å². The van der Waals surface area contributed by atoms with E-state index in [1.165, 1.54) is 12.1 Å². The first kappa shape index (κ1) is 16.5. The highest BCUT2D eigenvalue weighted by atomic mass is 19.4. The molecule has 0 spiro atoms. The Hall–Kier alpha value is -1.92. The molecule has 1 aromatic carbocycles. The Kier molecular flexibility index (Phi) is 4.25. The van der Waals surface area contributed by atoms with Gasteiger partial charge in [-0.2, -0.15) is 13.2 Å². The molecule has 1 aromatic heterocycles. The van der Waals surface area contributed by atoms with Crippen LogP contribution in [0.1, 0.15) is 23.2 Å². The van der Waals surface area contributed by atoms with Gasteiger partial charge in [0.1, 0.15) is 0 Å². The molecule has 2 saturated heterocycles. The molecule has 2 aliphatic heterocycles. The Labute approximate surface area is 145 Å². The highest BCUT2D eigenvalue weighted by Gasteiger charge is 2.42. The predicted octanol–water partition coefficient (Wildman–Crippen LogP) is 3.56. The van der Waals surface area contributed by atoms with Crippen LogP contribution in [-0.2, 0) is 19.3 Å². The lowest BCUT2D eigenvalue weighted by Crippen LogP contribution is -2.45. The fourth-order valence-electron chi connectivity index (χ4n) is 3.95. The molecule has 2 fully saturated rings. The summed E-state index contributed by atoms with van der Waals surface area (Å²) in [6.45, 7) is 3.56. The second-order valence-corrected chi connectivity index (χ2v) is 6.92. The minimum Gasteiger partial charge on any atom is -0.293 e. The lowest BCUT2D eigenvalue weighted by Gasteiger charge is -2.34. The summed E-state index contributed by atoms with van der Waals surface area (Å²) in [5, 5.41) is 0. The first-order valence-corrected chi connectivity index (χ1v) is 8.53. The number of rotatable bonds is 4. The van der Waals surface area contributed by atoms with Gasteiger partial charge in [0.25, 0.3) is 0 Å². The molecule has 4 rings (SSSR count). The Morgan fingerprint density at radius 1 is 0.920 bits per heavy atom. The van der Waals surface area contributed by atoms with Crippen molar-refractivity contribution >= 4 is 0 Å². The maximum Gasteiger partial charge on any atom is 0.416 e. The van der Waals surface area contributed by atoms with Gasteiger partial charge in [-0.15, -0.1) is 0 Å². The van der Waals surface area contributed by atoms with E-state index in [1.807, 2.05) is 24.4 Å². The van der Waals surface area contributed by atoms with Crippen LogP contribution in [-0.4, -0.2) is 40.0 Å². The van der Waals surface area contributed by atoms with Crippen molar-refractivity contribution in [1.82, 2.24) is 14.8 Å². The lowest BCUT2D eigenvalue weighted by atomic mass is 10.1. The summed E-state index contributed by atoms with van der Waals surface area (Å²) < 4.78 is 37.9. The number of hydrogen-bond donors (Lipinski definition) is 0. The Bertz CT molecular complexity index is 715. The van der Waals surface area contributed by atoms with E-state index in [9.17, 15) is 13.2 Å². The van der Waals surface area contributed by atoms with E-state index < -0.39 is 11.7 Å². The molecule has 2 bridgehead atoms. The van der Waals surface area contributed by atoms with Crippen molar-refractivity contribution in [2.45, 2.75) is 37.8 Å². The van der Waals surface area contributed by atoms with Crippen LogP contribution in [0.15, 0.2) is 48.7 Å². The van der Waals surface area contributed by atoms with Gasteiger partial charge in [0.05, 0.1) is 11.3 Å². The number of alkyl halides is 3. The molecule has 3 nitrogen and oxygen atoms in total. The molecule has 0 aliphatic carbocycles. The molecular weight excluding hydrogens is 327 g/mol. The van der Waals surface area contributed by atoms with Gasteiger partial charge >= 0.3 is 6.18 Å². The maximum absolute atomic E-state index is 12.6. The Morgan fingerprint density at radius 3 is 2.16 bits per heavy atom. The van der Waals surface area contributed by atoms with E-state index in [0.717, 1.165) is 43.9 Å². The SMILES string of the molecule is FC(F)(F)c1ccc(CN2CC3CC2CN3Cc2ccccn2)cc1. The van der Waals surface area contributed by atoms with Crippen molar-refractivity contribution in [2.75, 3.05) is 13.1 Å². The third kappa shape index (κ3) is 3.55. The minimum atomic E-state index is -4.27. The molecule has 2 unspecified atom stereocenters. The third-order valence-corrected chi connectivity index (χ3v) is 5.23. The van der Waals surface area contributed by atoms with Gasteiger partial charge in [0.15, 0.2) is 0 Å². The summed E-state index contributed by atoms with van der Waals surface area (Å²) in [5.74, 6) is 0. The van der Waals surface area contributed by atoms with Crippen LogP contribution < -0.4 is 0 Å². The number of aromatic nitrogens is 1. The number of pyridine rings is 1. The van der Waals surface area contributed by atoms with Crippen LogP contribution >= 0.6 is 0 Å². The standard InChI is InChI=1S/C19H20F3N3/c20-19(21,22)15-6-4-14(5-7-15)10-24-12-18-9-17(24)13-25(18)11-16-3-1-2-8-23-16/h1-8,17-18H,9-13H2. The number of nitrogens with zero attached hydrogens (tertiary/aromatic N) is 3. The molecule has 0 N–H and O–H groups in total. The molecular formula is C19H20F3N3. The lowest BCUT2D eigenvalue weighted by molar-refractivity contribution is -0.137. The summed E-state index contributed by atoms with van der Waals surface area (Å²) in [5.41, 5.74) is 1.45. The van der Waals surface area contributed by atoms with Crippen LogP contribution in [0, 0.1) is 0 Å². The molecule has 132 valence electrons. The molecule has 25 heavy (non-hydrogen) atoms. The molecule has 2 aromatic rings. The molecule has 0 amide bonds. The van der Waals surface area contributed by atoms with Gasteiger partial charge in [-0.25, -0.2) is 0 Å². The average molecular weight is 347 g/mol. The fourth-order valence-corrected chi connectivity index (χ4v) is 3.95. The molecule has 2 aliphatic rings. The number of likely N-dealkylation sites (tertiary alicyclic amines) is 2. The topological polar surface area (TPSA) is 19.4 Å². The van der Waals surface area contributed by atoms with Crippen LogP contribution in [0.4, 0.5) is 13.2 Å². The van der Waals surface area contributed by atoms with E-state index in [-0.39, 0.29) is 0 Å². The third-order valence-electron chi connectivity index (χ3n) is 5.23. The van der Waals surface area contributed by atoms with Crippen molar-refractivity contribution in [2.24, 2.45) is 0 Å². The van der Waals surface area contributed by atoms with Gasteiger partial charge in [-0.05, 0) is 36.2 Å².